The van der Waals surface area contributed by atoms with Gasteiger partial charge in [-0.2, -0.15) is 0 Å². The summed E-state index contributed by atoms with van der Waals surface area (Å²) >= 11 is 0. The summed E-state index contributed by atoms with van der Waals surface area (Å²) in [7, 11) is 0. The molecule has 0 aliphatic carbocycles. The molecule has 0 bridgehead atoms. The summed E-state index contributed by atoms with van der Waals surface area (Å²) in [5, 5.41) is 5.83. The van der Waals surface area contributed by atoms with Crippen LogP contribution in [0.15, 0.2) is 24.3 Å². The molecule has 0 saturated carbocycles. The van der Waals surface area contributed by atoms with Gasteiger partial charge in [-0.25, -0.2) is 4.79 Å². The maximum Gasteiger partial charge on any atom is 0.319 e. The van der Waals surface area contributed by atoms with Crippen molar-refractivity contribution >= 4 is 23.3 Å². The molecule has 5 heteroatoms. The number of nitrogens with one attached hydrogen (secondary N) is 2. The van der Waals surface area contributed by atoms with Crippen LogP contribution in [0.1, 0.15) is 52.4 Å². The van der Waals surface area contributed by atoms with E-state index in [1.807, 2.05) is 24.3 Å². The van der Waals surface area contributed by atoms with Crippen LogP contribution in [-0.4, -0.2) is 25.0 Å². The summed E-state index contributed by atoms with van der Waals surface area (Å²) < 4.78 is 0. The molecule has 0 aromatic heterocycles. The van der Waals surface area contributed by atoms with E-state index in [-0.39, 0.29) is 11.9 Å². The zero-order chi connectivity index (χ0) is 17.4. The second-order valence-electron chi connectivity index (χ2n) is 6.45. The predicted octanol–water partition coefficient (Wildman–Crippen LogP) is 4.15. The molecular weight excluding hydrogens is 302 g/mol. The Bertz CT molecular complexity index is 559. The number of benzene rings is 1. The first kappa shape index (κ1) is 18.3. The van der Waals surface area contributed by atoms with Crippen LogP contribution in [0.2, 0.25) is 0 Å². The molecule has 1 unspecified atom stereocenters. The first-order valence-electron chi connectivity index (χ1n) is 9.09. The van der Waals surface area contributed by atoms with Crippen LogP contribution in [0.25, 0.3) is 0 Å². The Labute approximate surface area is 144 Å². The molecule has 1 fully saturated rings. The summed E-state index contributed by atoms with van der Waals surface area (Å²) in [6.07, 6.45) is 6.12. The Hall–Kier alpha value is -2.04. The number of hydrogen-bond acceptors (Lipinski definition) is 2. The molecule has 1 aliphatic rings. The van der Waals surface area contributed by atoms with Gasteiger partial charge < -0.3 is 15.5 Å². The van der Waals surface area contributed by atoms with Gasteiger partial charge in [0.2, 0.25) is 5.91 Å². The van der Waals surface area contributed by atoms with Crippen molar-refractivity contribution in [3.8, 4) is 0 Å². The molecule has 0 spiro atoms. The lowest BCUT2D eigenvalue weighted by molar-refractivity contribution is -0.117. The maximum absolute atomic E-state index is 12.1. The van der Waals surface area contributed by atoms with Crippen molar-refractivity contribution in [1.29, 1.82) is 0 Å². The summed E-state index contributed by atoms with van der Waals surface area (Å²) in [5.41, 5.74) is 1.57. The quantitative estimate of drug-likeness (QED) is 0.751. The molecule has 1 aromatic rings. The highest BCUT2D eigenvalue weighted by Gasteiger charge is 2.21. The first-order valence-corrected chi connectivity index (χ1v) is 9.09. The van der Waals surface area contributed by atoms with Crippen molar-refractivity contribution in [3.05, 3.63) is 24.3 Å². The van der Waals surface area contributed by atoms with Crippen LogP contribution in [0.3, 0.4) is 0 Å². The fourth-order valence-corrected chi connectivity index (χ4v) is 3.03. The van der Waals surface area contributed by atoms with Gasteiger partial charge in [-0.3, -0.25) is 4.79 Å². The molecule has 1 saturated heterocycles. The Balaban J connectivity index is 1.86. The van der Waals surface area contributed by atoms with Crippen molar-refractivity contribution in [1.82, 2.24) is 5.32 Å². The number of nitrogens with zero attached hydrogens (tertiary/aromatic N) is 1. The molecule has 1 atom stereocenters. The van der Waals surface area contributed by atoms with E-state index >= 15 is 0 Å². The molecule has 1 aliphatic heterocycles. The number of carbonyl (C=O) groups is 2. The van der Waals surface area contributed by atoms with Crippen molar-refractivity contribution in [2.24, 2.45) is 5.92 Å². The number of urea groups is 1. The Kier molecular flexibility index (Phi) is 7.09. The van der Waals surface area contributed by atoms with E-state index in [0.717, 1.165) is 31.5 Å². The van der Waals surface area contributed by atoms with Crippen molar-refractivity contribution in [2.45, 2.75) is 52.4 Å². The lowest BCUT2D eigenvalue weighted by Gasteiger charge is -2.18. The van der Waals surface area contributed by atoms with E-state index in [9.17, 15) is 9.59 Å². The van der Waals surface area contributed by atoms with E-state index in [2.05, 4.69) is 24.5 Å². The molecule has 5 nitrogen and oxygen atoms in total. The topological polar surface area (TPSA) is 61.4 Å². The molecular formula is C19H29N3O2. The van der Waals surface area contributed by atoms with E-state index in [0.29, 0.717) is 24.6 Å². The van der Waals surface area contributed by atoms with Crippen LogP contribution in [0.5, 0.6) is 0 Å². The fourth-order valence-electron chi connectivity index (χ4n) is 3.03. The van der Waals surface area contributed by atoms with Gasteiger partial charge in [-0.05, 0) is 37.0 Å². The molecule has 132 valence electrons. The third-order valence-corrected chi connectivity index (χ3v) is 4.58. The second kappa shape index (κ2) is 9.30. The molecule has 24 heavy (non-hydrogen) atoms. The normalized spacial score (nSPS) is 15.4. The minimum absolute atomic E-state index is 0.151. The standard InChI is InChI=1S/C19H29N3O2/c1-3-5-8-15(4-2)14-20-19(24)21-16-9-6-10-17(13-16)22-12-7-11-18(22)23/h6,9-10,13,15H,3-5,7-8,11-12,14H2,1-2H3,(H2,20,21,24). The number of hydrogen-bond donors (Lipinski definition) is 2. The van der Waals surface area contributed by atoms with Gasteiger partial charge in [-0.15, -0.1) is 0 Å². The molecule has 0 radical (unpaired) electrons. The van der Waals surface area contributed by atoms with Crippen LogP contribution >= 0.6 is 0 Å². The van der Waals surface area contributed by atoms with Crippen LogP contribution in [0, 0.1) is 5.92 Å². The van der Waals surface area contributed by atoms with Crippen molar-refractivity contribution in [3.63, 3.8) is 0 Å². The van der Waals surface area contributed by atoms with Gasteiger partial charge in [-0.1, -0.05) is 39.2 Å². The Morgan fingerprint density at radius 3 is 2.83 bits per heavy atom. The number of anilines is 2. The Morgan fingerprint density at radius 1 is 1.33 bits per heavy atom. The predicted molar refractivity (Wildman–Crippen MR) is 98.4 cm³/mol. The largest absolute Gasteiger partial charge is 0.338 e. The Morgan fingerprint density at radius 2 is 2.17 bits per heavy atom. The van der Waals surface area contributed by atoms with E-state index in [4.69, 9.17) is 0 Å². The monoisotopic (exact) mass is 331 g/mol. The number of unbranched alkanes of at least 4 members (excludes halogenated alkanes) is 1. The van der Waals surface area contributed by atoms with E-state index < -0.39 is 0 Å². The maximum atomic E-state index is 12.1. The molecule has 2 N–H and O–H groups in total. The van der Waals surface area contributed by atoms with Crippen molar-refractivity contribution in [2.75, 3.05) is 23.3 Å². The lowest BCUT2D eigenvalue weighted by Crippen LogP contribution is -2.33. The third kappa shape index (κ3) is 5.25. The highest BCUT2D eigenvalue weighted by molar-refractivity contribution is 5.96. The van der Waals surface area contributed by atoms with Gasteiger partial charge in [0.05, 0.1) is 0 Å². The average molecular weight is 331 g/mol. The van der Waals surface area contributed by atoms with Gasteiger partial charge in [0.1, 0.15) is 0 Å². The van der Waals surface area contributed by atoms with E-state index in [1.165, 1.54) is 12.8 Å². The van der Waals surface area contributed by atoms with Crippen LogP contribution in [-0.2, 0) is 4.79 Å². The molecule has 1 aromatic carbocycles. The van der Waals surface area contributed by atoms with E-state index in [1.54, 1.807) is 4.90 Å². The highest BCUT2D eigenvalue weighted by atomic mass is 16.2. The minimum Gasteiger partial charge on any atom is -0.338 e. The summed E-state index contributed by atoms with van der Waals surface area (Å²) in [6, 6.07) is 7.29. The first-order chi connectivity index (χ1) is 11.6. The summed E-state index contributed by atoms with van der Waals surface area (Å²) in [6.45, 7) is 5.80. The smallest absolute Gasteiger partial charge is 0.319 e. The second-order valence-corrected chi connectivity index (χ2v) is 6.45. The molecule has 3 amide bonds. The highest BCUT2D eigenvalue weighted by Crippen LogP contribution is 2.24. The summed E-state index contributed by atoms with van der Waals surface area (Å²) in [4.78, 5) is 25.7. The SMILES string of the molecule is CCCCC(CC)CNC(=O)Nc1cccc(N2CCCC2=O)c1. The number of carbonyl (C=O) groups excluding carboxylic acids is 2. The average Bonchev–Trinajstić information content (AvgIpc) is 3.01. The van der Waals surface area contributed by atoms with Crippen LogP contribution in [0.4, 0.5) is 16.2 Å². The molecule has 1 heterocycles. The van der Waals surface area contributed by atoms with Gasteiger partial charge in [0.25, 0.3) is 0 Å². The zero-order valence-electron chi connectivity index (χ0n) is 14.8. The number of amides is 3. The minimum atomic E-state index is -0.185. The zero-order valence-corrected chi connectivity index (χ0v) is 14.8. The van der Waals surface area contributed by atoms with Crippen LogP contribution < -0.4 is 15.5 Å². The summed E-state index contributed by atoms with van der Waals surface area (Å²) in [5.74, 6) is 0.683. The molecule has 2 rings (SSSR count). The van der Waals surface area contributed by atoms with Gasteiger partial charge >= 0.3 is 6.03 Å². The third-order valence-electron chi connectivity index (χ3n) is 4.58. The van der Waals surface area contributed by atoms with Gasteiger partial charge in [0, 0.05) is 30.9 Å². The lowest BCUT2D eigenvalue weighted by atomic mass is 9.99. The van der Waals surface area contributed by atoms with Gasteiger partial charge in [0.15, 0.2) is 0 Å². The number of rotatable bonds is 8. The fraction of sp³-hybridized carbons (Fsp3) is 0.579. The van der Waals surface area contributed by atoms with Crippen molar-refractivity contribution < 1.29 is 9.59 Å².